The molecule has 1 aliphatic rings. The number of carbonyl (C=O) groups excluding carboxylic acids is 1. The minimum absolute atomic E-state index is 0.330. The number of β-amino-alcohol motifs (C(OH)–C–C–N with tert-alkyl or cyclic N) is 1. The van der Waals surface area contributed by atoms with Crippen LogP contribution in [-0.2, 0) is 4.79 Å². The minimum Gasteiger partial charge on any atom is -0.396 e. The zero-order valence-electron chi connectivity index (χ0n) is 10.1. The second kappa shape index (κ2) is 4.69. The lowest BCUT2D eigenvalue weighted by Crippen LogP contribution is -2.40. The fourth-order valence-electron chi connectivity index (χ4n) is 2.16. The van der Waals surface area contributed by atoms with Gasteiger partial charge in [-0.05, 0) is 12.1 Å². The van der Waals surface area contributed by atoms with Gasteiger partial charge in [-0.25, -0.2) is 4.98 Å². The number of nitrogens with zero attached hydrogens (tertiary/aromatic N) is 2. The molecule has 6 N–H and O–H groups in total. The molecule has 2 rings (SSSR count). The summed E-state index contributed by atoms with van der Waals surface area (Å²) in [7, 11) is 1.72. The van der Waals surface area contributed by atoms with Crippen LogP contribution < -0.4 is 21.7 Å². The smallest absolute Gasteiger partial charge is 0.240 e. The number of nitrogen functional groups attached to an aromatic ring is 1. The van der Waals surface area contributed by atoms with Gasteiger partial charge in [0.05, 0.1) is 11.8 Å². The van der Waals surface area contributed by atoms with Crippen LogP contribution in [0, 0.1) is 0 Å². The Labute approximate surface area is 105 Å². The number of nitrogens with two attached hydrogens (primary N) is 2. The molecule has 0 aromatic carbocycles. The fraction of sp³-hybridized carbons (Fsp3) is 0.455. The Kier molecular flexibility index (Phi) is 3.24. The third-order valence-electron chi connectivity index (χ3n) is 3.05. The first-order valence-corrected chi connectivity index (χ1v) is 5.71. The van der Waals surface area contributed by atoms with Gasteiger partial charge in [-0.3, -0.25) is 4.79 Å². The number of aliphatic hydroxyl groups excluding tert-OH is 1. The van der Waals surface area contributed by atoms with Gasteiger partial charge in [0.2, 0.25) is 5.91 Å². The highest BCUT2D eigenvalue weighted by atomic mass is 16.3. The van der Waals surface area contributed by atoms with E-state index in [0.29, 0.717) is 30.3 Å². The van der Waals surface area contributed by atoms with E-state index in [0.717, 1.165) is 0 Å². The molecule has 0 bridgehead atoms. The van der Waals surface area contributed by atoms with Gasteiger partial charge in [0, 0.05) is 20.0 Å². The fourth-order valence-corrected chi connectivity index (χ4v) is 2.16. The number of hydrogen-bond acceptors (Lipinski definition) is 6. The molecular weight excluding hydrogens is 234 g/mol. The Balaban J connectivity index is 2.32. The topological polar surface area (TPSA) is 117 Å². The first-order chi connectivity index (χ1) is 8.52. The summed E-state index contributed by atoms with van der Waals surface area (Å²) in [4.78, 5) is 17.4. The summed E-state index contributed by atoms with van der Waals surface area (Å²) >= 11 is 0. The molecule has 1 saturated heterocycles. The van der Waals surface area contributed by atoms with Gasteiger partial charge in [-0.2, -0.15) is 0 Å². The molecule has 7 nitrogen and oxygen atoms in total. The van der Waals surface area contributed by atoms with E-state index in [4.69, 9.17) is 11.5 Å². The van der Waals surface area contributed by atoms with E-state index < -0.39 is 18.1 Å². The molecule has 2 heterocycles. The lowest BCUT2D eigenvalue weighted by molar-refractivity contribution is -0.119. The van der Waals surface area contributed by atoms with Crippen LogP contribution in [0.1, 0.15) is 6.42 Å². The molecular formula is C11H17N5O2. The average molecular weight is 251 g/mol. The van der Waals surface area contributed by atoms with Crippen molar-refractivity contribution in [2.75, 3.05) is 29.5 Å². The van der Waals surface area contributed by atoms with Crippen molar-refractivity contribution in [3.63, 3.8) is 0 Å². The maximum absolute atomic E-state index is 11.4. The number of aliphatic hydroxyl groups is 1. The van der Waals surface area contributed by atoms with Crippen molar-refractivity contribution in [1.29, 1.82) is 0 Å². The number of nitrogens with one attached hydrogen (secondary N) is 1. The summed E-state index contributed by atoms with van der Waals surface area (Å²) in [5.74, 6) is 0.655. The van der Waals surface area contributed by atoms with Crippen LogP contribution in [0.3, 0.4) is 0 Å². The zero-order valence-corrected chi connectivity index (χ0v) is 10.1. The second-order valence-electron chi connectivity index (χ2n) is 4.32. The highest BCUT2D eigenvalue weighted by Crippen LogP contribution is 2.27. The van der Waals surface area contributed by atoms with Crippen molar-refractivity contribution in [2.45, 2.75) is 18.6 Å². The molecule has 1 amide bonds. The second-order valence-corrected chi connectivity index (χ2v) is 4.32. The normalized spacial score (nSPS) is 23.1. The van der Waals surface area contributed by atoms with E-state index in [2.05, 4.69) is 10.3 Å². The molecule has 7 heteroatoms. The molecule has 0 radical (unpaired) electrons. The van der Waals surface area contributed by atoms with Crippen molar-refractivity contribution >= 4 is 23.2 Å². The van der Waals surface area contributed by atoms with E-state index >= 15 is 0 Å². The van der Waals surface area contributed by atoms with Gasteiger partial charge >= 0.3 is 0 Å². The molecule has 1 aliphatic heterocycles. The summed E-state index contributed by atoms with van der Waals surface area (Å²) in [6.45, 7) is 0.341. The third kappa shape index (κ3) is 2.17. The minimum atomic E-state index is -0.570. The summed E-state index contributed by atoms with van der Waals surface area (Å²) < 4.78 is 0. The molecule has 1 aromatic heterocycles. The summed E-state index contributed by atoms with van der Waals surface area (Å²) in [5, 5.41) is 12.5. The van der Waals surface area contributed by atoms with Crippen LogP contribution in [0.2, 0.25) is 0 Å². The number of carbonyl (C=O) groups is 1. The van der Waals surface area contributed by atoms with Gasteiger partial charge in [0.1, 0.15) is 11.9 Å². The Hall–Kier alpha value is -2.02. The van der Waals surface area contributed by atoms with Gasteiger partial charge < -0.3 is 26.8 Å². The van der Waals surface area contributed by atoms with Crippen LogP contribution >= 0.6 is 0 Å². The van der Waals surface area contributed by atoms with Crippen molar-refractivity contribution in [2.24, 2.45) is 5.73 Å². The van der Waals surface area contributed by atoms with Crippen molar-refractivity contribution in [1.82, 2.24) is 4.98 Å². The number of rotatable bonds is 3. The number of anilines is 3. The number of pyridine rings is 1. The van der Waals surface area contributed by atoms with Gasteiger partial charge in [0.15, 0.2) is 5.82 Å². The summed E-state index contributed by atoms with van der Waals surface area (Å²) in [6, 6.07) is 2.89. The Morgan fingerprint density at radius 1 is 1.61 bits per heavy atom. The monoisotopic (exact) mass is 251 g/mol. The van der Waals surface area contributed by atoms with Crippen LogP contribution in [0.5, 0.6) is 0 Å². The quantitative estimate of drug-likeness (QED) is 0.554. The molecule has 18 heavy (non-hydrogen) atoms. The van der Waals surface area contributed by atoms with Crippen molar-refractivity contribution in [3.05, 3.63) is 12.1 Å². The maximum Gasteiger partial charge on any atom is 0.240 e. The number of hydrogen-bond donors (Lipinski definition) is 4. The highest BCUT2D eigenvalue weighted by Gasteiger charge is 2.35. The van der Waals surface area contributed by atoms with Crippen molar-refractivity contribution in [3.8, 4) is 0 Å². The molecule has 0 aliphatic carbocycles. The van der Waals surface area contributed by atoms with Crippen LogP contribution in [-0.4, -0.2) is 41.7 Å². The molecule has 0 spiro atoms. The Morgan fingerprint density at radius 2 is 2.33 bits per heavy atom. The summed E-state index contributed by atoms with van der Waals surface area (Å²) in [5.41, 5.74) is 11.6. The molecule has 2 atom stereocenters. The lowest BCUT2D eigenvalue weighted by atomic mass is 10.2. The Bertz CT molecular complexity index is 465. The number of primary amides is 1. The molecule has 2 unspecified atom stereocenters. The van der Waals surface area contributed by atoms with E-state index in [9.17, 15) is 9.90 Å². The van der Waals surface area contributed by atoms with Crippen LogP contribution in [0.25, 0.3) is 0 Å². The third-order valence-corrected chi connectivity index (χ3v) is 3.05. The molecule has 1 aromatic rings. The van der Waals surface area contributed by atoms with Gasteiger partial charge in [0.25, 0.3) is 0 Å². The first-order valence-electron chi connectivity index (χ1n) is 5.71. The van der Waals surface area contributed by atoms with Crippen molar-refractivity contribution < 1.29 is 9.90 Å². The van der Waals surface area contributed by atoms with Crippen LogP contribution in [0.4, 0.5) is 17.3 Å². The van der Waals surface area contributed by atoms with Gasteiger partial charge in [-0.1, -0.05) is 0 Å². The predicted octanol–water partition coefficient (Wildman–Crippen LogP) is -0.870. The molecule has 98 valence electrons. The largest absolute Gasteiger partial charge is 0.396 e. The van der Waals surface area contributed by atoms with E-state index in [1.807, 2.05) is 0 Å². The Morgan fingerprint density at radius 3 is 2.94 bits per heavy atom. The number of aromatic nitrogens is 1. The molecule has 1 fully saturated rings. The van der Waals surface area contributed by atoms with E-state index in [-0.39, 0.29) is 0 Å². The predicted molar refractivity (Wildman–Crippen MR) is 69.1 cm³/mol. The van der Waals surface area contributed by atoms with E-state index in [1.165, 1.54) is 0 Å². The molecule has 0 saturated carbocycles. The van der Waals surface area contributed by atoms with Crippen LogP contribution in [0.15, 0.2) is 12.1 Å². The number of amides is 1. The highest BCUT2D eigenvalue weighted by molar-refractivity contribution is 5.84. The maximum atomic E-state index is 11.4. The lowest BCUT2D eigenvalue weighted by Gasteiger charge is -2.23. The first kappa shape index (κ1) is 12.4. The summed E-state index contributed by atoms with van der Waals surface area (Å²) in [6.07, 6.45) is -0.240. The average Bonchev–Trinajstić information content (AvgIpc) is 2.72. The van der Waals surface area contributed by atoms with Gasteiger partial charge in [-0.15, -0.1) is 0 Å². The van der Waals surface area contributed by atoms with E-state index in [1.54, 1.807) is 24.1 Å². The standard InChI is InChI=1S/C11H17N5O2/c1-14-11-7(12)2-3-9(15-11)16-5-6(17)4-8(16)10(13)18/h2-3,6,8,17H,4-5,12H2,1H3,(H2,13,18)(H,14,15). The zero-order chi connectivity index (χ0) is 13.3. The SMILES string of the molecule is CNc1nc(N2CC(O)CC2C(N)=O)ccc1N.